The molecule has 152 valence electrons. The predicted octanol–water partition coefficient (Wildman–Crippen LogP) is 4.02. The minimum Gasteiger partial charge on any atom is -0.461 e. The topological polar surface area (TPSA) is 102 Å². The maximum Gasteiger partial charge on any atom is 0.234 e. The molecular weight excluding hydrogens is 422 g/mol. The normalized spacial score (nSPS) is 11.5. The molecule has 0 bridgehead atoms. The van der Waals surface area contributed by atoms with E-state index in [1.807, 2.05) is 24.3 Å². The smallest absolute Gasteiger partial charge is 0.234 e. The molecule has 1 N–H and O–H groups in total. The molecule has 0 unspecified atom stereocenters. The summed E-state index contributed by atoms with van der Waals surface area (Å²) in [4.78, 5) is 21.7. The van der Waals surface area contributed by atoms with Gasteiger partial charge in [0.2, 0.25) is 5.91 Å². The van der Waals surface area contributed by atoms with E-state index >= 15 is 0 Å². The summed E-state index contributed by atoms with van der Waals surface area (Å²) in [5, 5.41) is 4.14. The van der Waals surface area contributed by atoms with Crippen molar-refractivity contribution in [2.75, 3.05) is 17.3 Å². The van der Waals surface area contributed by atoms with Crippen molar-refractivity contribution in [1.82, 2.24) is 9.97 Å². The molecule has 0 aliphatic carbocycles. The summed E-state index contributed by atoms with van der Waals surface area (Å²) in [7, 11) is -3.46. The number of rotatable bonds is 6. The van der Waals surface area contributed by atoms with E-state index in [1.165, 1.54) is 17.8 Å². The van der Waals surface area contributed by atoms with E-state index in [-0.39, 0.29) is 22.2 Å². The molecule has 0 atom stereocenters. The molecule has 0 saturated heterocycles. The Hall–Kier alpha value is -3.17. The van der Waals surface area contributed by atoms with Crippen molar-refractivity contribution in [1.29, 1.82) is 0 Å². The second kappa shape index (κ2) is 8.29. The molecule has 2 heterocycles. The fraction of sp³-hybridized carbons (Fsp3) is 0.0952. The van der Waals surface area contributed by atoms with Crippen LogP contribution in [0.1, 0.15) is 0 Å². The van der Waals surface area contributed by atoms with Crippen LogP contribution in [-0.4, -0.2) is 36.3 Å². The van der Waals surface area contributed by atoms with E-state index in [4.69, 9.17) is 4.42 Å². The maximum absolute atomic E-state index is 12.5. The number of carbonyl (C=O) groups excluding carboxylic acids is 1. The zero-order valence-electron chi connectivity index (χ0n) is 15.9. The molecule has 4 aromatic rings. The lowest BCUT2D eigenvalue weighted by atomic mass is 10.2. The van der Waals surface area contributed by atoms with E-state index in [9.17, 15) is 13.2 Å². The van der Waals surface area contributed by atoms with Crippen LogP contribution >= 0.6 is 11.8 Å². The van der Waals surface area contributed by atoms with Gasteiger partial charge in [0, 0.05) is 11.6 Å². The molecular formula is C21H17N3O4S2. The van der Waals surface area contributed by atoms with E-state index in [0.29, 0.717) is 16.6 Å². The average Bonchev–Trinajstić information content (AvgIpc) is 3.26. The number of aromatic nitrogens is 2. The third-order valence-electron chi connectivity index (χ3n) is 4.21. The number of amides is 1. The number of thioether (sulfide) groups is 1. The van der Waals surface area contributed by atoms with E-state index in [0.717, 1.165) is 17.2 Å². The number of nitrogens with zero attached hydrogens (tertiary/aromatic N) is 2. The number of fused-ring (bicyclic) bond motifs is 1. The summed E-state index contributed by atoms with van der Waals surface area (Å²) in [6.07, 6.45) is 2.66. The number of hydrogen-bond donors (Lipinski definition) is 1. The van der Waals surface area contributed by atoms with Gasteiger partial charge in [0.25, 0.3) is 0 Å². The Bertz CT molecular complexity index is 1320. The highest BCUT2D eigenvalue weighted by molar-refractivity contribution is 8.00. The summed E-state index contributed by atoms with van der Waals surface area (Å²) in [5.41, 5.74) is 0.999. The van der Waals surface area contributed by atoms with Crippen LogP contribution < -0.4 is 5.32 Å². The van der Waals surface area contributed by atoms with Crippen LogP contribution in [0.3, 0.4) is 0 Å². The molecule has 0 fully saturated rings. The zero-order valence-corrected chi connectivity index (χ0v) is 17.5. The average molecular weight is 440 g/mol. The van der Waals surface area contributed by atoms with Gasteiger partial charge < -0.3 is 9.73 Å². The predicted molar refractivity (Wildman–Crippen MR) is 116 cm³/mol. The van der Waals surface area contributed by atoms with Gasteiger partial charge in [-0.25, -0.2) is 18.4 Å². The van der Waals surface area contributed by atoms with Gasteiger partial charge >= 0.3 is 0 Å². The molecule has 7 nitrogen and oxygen atoms in total. The van der Waals surface area contributed by atoms with Crippen LogP contribution in [0, 0.1) is 0 Å². The molecule has 0 radical (unpaired) electrons. The van der Waals surface area contributed by atoms with E-state index < -0.39 is 9.84 Å². The van der Waals surface area contributed by atoms with Crippen LogP contribution in [0.5, 0.6) is 0 Å². The third kappa shape index (κ3) is 4.37. The molecule has 0 saturated carbocycles. The lowest BCUT2D eigenvalue weighted by Gasteiger charge is -2.10. The van der Waals surface area contributed by atoms with Gasteiger partial charge in [-0.15, -0.1) is 0 Å². The fourth-order valence-electron chi connectivity index (χ4n) is 2.89. The number of furan rings is 1. The first kappa shape index (κ1) is 20.1. The van der Waals surface area contributed by atoms with Gasteiger partial charge in [-0.3, -0.25) is 4.79 Å². The van der Waals surface area contributed by atoms with Gasteiger partial charge in [-0.05, 0) is 30.3 Å². The minimum atomic E-state index is -3.46. The van der Waals surface area contributed by atoms with Crippen LogP contribution in [0.25, 0.3) is 22.5 Å². The molecule has 2 aromatic heterocycles. The highest BCUT2D eigenvalue weighted by Gasteiger charge is 2.16. The zero-order chi connectivity index (χ0) is 21.1. The van der Waals surface area contributed by atoms with Crippen molar-refractivity contribution in [3.05, 3.63) is 66.9 Å². The van der Waals surface area contributed by atoms with Crippen LogP contribution in [0.2, 0.25) is 0 Å². The molecule has 2 aromatic carbocycles. The first-order chi connectivity index (χ1) is 14.4. The summed E-state index contributed by atoms with van der Waals surface area (Å²) in [6, 6.07) is 17.4. The lowest BCUT2D eigenvalue weighted by Crippen LogP contribution is -2.16. The standard InChI is InChI=1S/C21H17N3O4S2/c1-30(26,27)18-11-5-4-9-16(18)22-19(25)13-29-21-14-7-2-3-8-15(14)23-20(24-21)17-10-6-12-28-17/h2-12H,13H2,1H3,(H,22,25). The Balaban J connectivity index is 1.58. The summed E-state index contributed by atoms with van der Waals surface area (Å²) in [6.45, 7) is 0. The third-order valence-corrected chi connectivity index (χ3v) is 6.36. The Labute approximate surface area is 177 Å². The number of sulfone groups is 1. The van der Waals surface area contributed by atoms with E-state index in [1.54, 1.807) is 36.6 Å². The number of nitrogens with one attached hydrogen (secondary N) is 1. The van der Waals surface area contributed by atoms with Gasteiger partial charge in [0.15, 0.2) is 21.4 Å². The van der Waals surface area contributed by atoms with Crippen molar-refractivity contribution in [3.63, 3.8) is 0 Å². The quantitative estimate of drug-likeness (QED) is 0.357. The highest BCUT2D eigenvalue weighted by Crippen LogP contribution is 2.29. The van der Waals surface area contributed by atoms with Crippen molar-refractivity contribution in [2.45, 2.75) is 9.92 Å². The molecule has 9 heteroatoms. The SMILES string of the molecule is CS(=O)(=O)c1ccccc1NC(=O)CSc1nc(-c2ccco2)nc2ccccc12. The second-order valence-electron chi connectivity index (χ2n) is 6.45. The van der Waals surface area contributed by atoms with Gasteiger partial charge in [0.05, 0.1) is 28.1 Å². The van der Waals surface area contributed by atoms with Crippen molar-refractivity contribution in [3.8, 4) is 11.6 Å². The summed E-state index contributed by atoms with van der Waals surface area (Å²) in [5.74, 6) is 0.688. The molecule has 4 rings (SSSR count). The molecule has 0 aliphatic heterocycles. The molecule has 0 aliphatic rings. The fourth-order valence-corrected chi connectivity index (χ4v) is 4.55. The number of para-hydroxylation sites is 2. The number of carbonyl (C=O) groups is 1. The Morgan fingerprint density at radius 1 is 1.03 bits per heavy atom. The van der Waals surface area contributed by atoms with E-state index in [2.05, 4.69) is 15.3 Å². The largest absolute Gasteiger partial charge is 0.461 e. The van der Waals surface area contributed by atoms with Crippen LogP contribution in [0.4, 0.5) is 5.69 Å². The number of anilines is 1. The number of hydrogen-bond acceptors (Lipinski definition) is 7. The molecule has 30 heavy (non-hydrogen) atoms. The first-order valence-electron chi connectivity index (χ1n) is 8.94. The van der Waals surface area contributed by atoms with Gasteiger partial charge in [0.1, 0.15) is 5.03 Å². The van der Waals surface area contributed by atoms with Crippen molar-refractivity contribution >= 4 is 44.1 Å². The Morgan fingerprint density at radius 3 is 2.57 bits per heavy atom. The summed E-state index contributed by atoms with van der Waals surface area (Å²) < 4.78 is 29.3. The Kier molecular flexibility index (Phi) is 5.56. The molecule has 1 amide bonds. The van der Waals surface area contributed by atoms with Gasteiger partial charge in [-0.2, -0.15) is 0 Å². The Morgan fingerprint density at radius 2 is 1.80 bits per heavy atom. The van der Waals surface area contributed by atoms with Crippen molar-refractivity contribution in [2.24, 2.45) is 0 Å². The van der Waals surface area contributed by atoms with Crippen molar-refractivity contribution < 1.29 is 17.6 Å². The minimum absolute atomic E-state index is 0.0523. The first-order valence-corrected chi connectivity index (χ1v) is 11.8. The highest BCUT2D eigenvalue weighted by atomic mass is 32.2. The number of benzene rings is 2. The lowest BCUT2D eigenvalue weighted by molar-refractivity contribution is -0.113. The van der Waals surface area contributed by atoms with Crippen LogP contribution in [-0.2, 0) is 14.6 Å². The van der Waals surface area contributed by atoms with Gasteiger partial charge in [-0.1, -0.05) is 42.1 Å². The maximum atomic E-state index is 12.5. The monoisotopic (exact) mass is 439 g/mol. The second-order valence-corrected chi connectivity index (χ2v) is 9.40. The summed E-state index contributed by atoms with van der Waals surface area (Å²) >= 11 is 1.25. The van der Waals surface area contributed by atoms with Crippen LogP contribution in [0.15, 0.2) is 81.3 Å². The molecule has 0 spiro atoms.